The van der Waals surface area contributed by atoms with Crippen molar-refractivity contribution in [2.75, 3.05) is 12.8 Å². The lowest BCUT2D eigenvalue weighted by Crippen LogP contribution is -2.18. The molecule has 0 saturated heterocycles. The van der Waals surface area contributed by atoms with Crippen molar-refractivity contribution < 1.29 is 16.8 Å². The van der Waals surface area contributed by atoms with Crippen LogP contribution in [0.15, 0.2) is 29.2 Å². The molecule has 5 nitrogen and oxygen atoms in total. The summed E-state index contributed by atoms with van der Waals surface area (Å²) in [5, 5.41) is 0. The lowest BCUT2D eigenvalue weighted by molar-refractivity contribution is 0.563. The number of sulfone groups is 1. The average molecular weight is 319 g/mol. The Kier molecular flexibility index (Phi) is 5.73. The number of hydrogen-bond donors (Lipinski definition) is 1. The first-order valence-corrected chi connectivity index (χ1v) is 9.73. The van der Waals surface area contributed by atoms with E-state index in [0.717, 1.165) is 6.42 Å². The zero-order valence-electron chi connectivity index (χ0n) is 12.0. The molecule has 114 valence electrons. The van der Waals surface area contributed by atoms with Gasteiger partial charge in [-0.15, -0.1) is 0 Å². The van der Waals surface area contributed by atoms with Gasteiger partial charge in [0.1, 0.15) is 0 Å². The molecule has 1 N–H and O–H groups in total. The van der Waals surface area contributed by atoms with Gasteiger partial charge in [0.15, 0.2) is 9.84 Å². The first-order chi connectivity index (χ1) is 9.20. The average Bonchev–Trinajstić information content (AvgIpc) is 2.38. The lowest BCUT2D eigenvalue weighted by atomic mass is 10.2. The first-order valence-electron chi connectivity index (χ1n) is 6.43. The Morgan fingerprint density at radius 3 is 2.10 bits per heavy atom. The quantitative estimate of drug-likeness (QED) is 0.827. The molecule has 0 aliphatic heterocycles. The minimum atomic E-state index is -3.48. The maximum atomic E-state index is 12.0. The summed E-state index contributed by atoms with van der Waals surface area (Å²) in [7, 11) is -5.31. The Morgan fingerprint density at radius 1 is 1.10 bits per heavy atom. The fourth-order valence-electron chi connectivity index (χ4n) is 1.75. The Morgan fingerprint density at radius 2 is 1.65 bits per heavy atom. The molecule has 7 heteroatoms. The van der Waals surface area contributed by atoms with E-state index < -0.39 is 19.9 Å². The van der Waals surface area contributed by atoms with E-state index in [1.165, 1.54) is 19.2 Å². The van der Waals surface area contributed by atoms with Crippen LogP contribution >= 0.6 is 0 Å². The number of nitrogens with one attached hydrogen (secondary N) is 1. The van der Waals surface area contributed by atoms with Gasteiger partial charge in [0, 0.05) is 0 Å². The first kappa shape index (κ1) is 17.1. The van der Waals surface area contributed by atoms with Crippen LogP contribution in [0, 0.1) is 5.92 Å². The third-order valence-corrected chi connectivity index (χ3v) is 6.40. The maximum absolute atomic E-state index is 12.0. The normalized spacial score (nSPS) is 14.2. The predicted molar refractivity (Wildman–Crippen MR) is 79.6 cm³/mol. The van der Waals surface area contributed by atoms with Crippen LogP contribution in [0.25, 0.3) is 0 Å². The monoisotopic (exact) mass is 319 g/mol. The highest BCUT2D eigenvalue weighted by Gasteiger charge is 2.16. The van der Waals surface area contributed by atoms with Gasteiger partial charge >= 0.3 is 0 Å². The van der Waals surface area contributed by atoms with Crippen LogP contribution in [-0.2, 0) is 25.6 Å². The van der Waals surface area contributed by atoms with Crippen LogP contribution in [-0.4, -0.2) is 29.6 Å². The van der Waals surface area contributed by atoms with Crippen molar-refractivity contribution in [2.24, 2.45) is 5.92 Å². The molecule has 1 aromatic rings. The molecule has 0 heterocycles. The SMILES string of the molecule is CCC(C)CS(=O)(=O)Cc1ccc(S(=O)(=O)NC)cc1. The summed E-state index contributed by atoms with van der Waals surface area (Å²) in [6.45, 7) is 3.86. The van der Waals surface area contributed by atoms with Gasteiger partial charge in [-0.2, -0.15) is 0 Å². The number of hydrogen-bond acceptors (Lipinski definition) is 4. The van der Waals surface area contributed by atoms with Crippen LogP contribution < -0.4 is 4.72 Å². The van der Waals surface area contributed by atoms with E-state index in [9.17, 15) is 16.8 Å². The predicted octanol–water partition coefficient (Wildman–Crippen LogP) is 1.56. The summed E-state index contributed by atoms with van der Waals surface area (Å²) in [4.78, 5) is 0.128. The highest BCUT2D eigenvalue weighted by molar-refractivity contribution is 7.90. The van der Waals surface area contributed by atoms with Gasteiger partial charge in [-0.3, -0.25) is 0 Å². The zero-order chi connectivity index (χ0) is 15.4. The second-order valence-corrected chi connectivity index (χ2v) is 8.92. The Hall–Kier alpha value is -0.920. The minimum absolute atomic E-state index is 0.0583. The Bertz CT molecular complexity index is 633. The van der Waals surface area contributed by atoms with Crippen LogP contribution in [0.5, 0.6) is 0 Å². The van der Waals surface area contributed by atoms with E-state index >= 15 is 0 Å². The highest BCUT2D eigenvalue weighted by Crippen LogP contribution is 2.15. The molecule has 20 heavy (non-hydrogen) atoms. The Balaban J connectivity index is 2.86. The molecule has 0 saturated carbocycles. The van der Waals surface area contributed by atoms with Crippen molar-refractivity contribution in [1.29, 1.82) is 0 Å². The van der Waals surface area contributed by atoms with Crippen LogP contribution in [0.1, 0.15) is 25.8 Å². The number of benzene rings is 1. The molecule has 0 aromatic heterocycles. The van der Waals surface area contributed by atoms with Crippen molar-refractivity contribution in [3.05, 3.63) is 29.8 Å². The van der Waals surface area contributed by atoms with Gasteiger partial charge in [0.25, 0.3) is 0 Å². The third-order valence-electron chi connectivity index (χ3n) is 3.12. The molecule has 0 aliphatic rings. The summed E-state index contributed by atoms with van der Waals surface area (Å²) >= 11 is 0. The van der Waals surface area contributed by atoms with Crippen LogP contribution in [0.4, 0.5) is 0 Å². The molecule has 0 bridgehead atoms. The van der Waals surface area contributed by atoms with Gasteiger partial charge < -0.3 is 0 Å². The fraction of sp³-hybridized carbons (Fsp3) is 0.538. The smallest absolute Gasteiger partial charge is 0.228 e. The summed E-state index contributed by atoms with van der Waals surface area (Å²) in [5.74, 6) is 0.223. The number of sulfonamides is 1. The van der Waals surface area contributed by atoms with Gasteiger partial charge in [0.05, 0.1) is 16.4 Å². The van der Waals surface area contributed by atoms with Gasteiger partial charge in [0.2, 0.25) is 10.0 Å². The standard InChI is InChI=1S/C13H21NO4S2/c1-4-11(2)9-19(15,16)10-12-5-7-13(8-6-12)20(17,18)14-3/h5-8,11,14H,4,9-10H2,1-3H3. The molecule has 1 unspecified atom stereocenters. The van der Waals surface area contributed by atoms with Gasteiger partial charge in [-0.1, -0.05) is 32.4 Å². The lowest BCUT2D eigenvalue weighted by Gasteiger charge is -2.10. The Labute approximate surface area is 121 Å². The molecule has 1 rings (SSSR count). The van der Waals surface area contributed by atoms with Crippen LogP contribution in [0.3, 0.4) is 0 Å². The summed E-state index contributed by atoms with van der Waals surface area (Å²) in [5.41, 5.74) is 0.600. The molecule has 0 amide bonds. The summed E-state index contributed by atoms with van der Waals surface area (Å²) < 4.78 is 49.3. The molecular weight excluding hydrogens is 298 g/mol. The zero-order valence-corrected chi connectivity index (χ0v) is 13.6. The summed E-state index contributed by atoms with van der Waals surface area (Å²) in [6.07, 6.45) is 0.818. The fourth-order valence-corrected chi connectivity index (χ4v) is 4.40. The second-order valence-electron chi connectivity index (χ2n) is 4.92. The van der Waals surface area contributed by atoms with E-state index in [-0.39, 0.29) is 22.3 Å². The maximum Gasteiger partial charge on any atom is 0.240 e. The highest BCUT2D eigenvalue weighted by atomic mass is 32.2. The van der Waals surface area contributed by atoms with Crippen molar-refractivity contribution in [2.45, 2.75) is 30.9 Å². The molecule has 1 atom stereocenters. The largest absolute Gasteiger partial charge is 0.240 e. The topological polar surface area (TPSA) is 80.3 Å². The van der Waals surface area contributed by atoms with Crippen molar-refractivity contribution in [3.8, 4) is 0 Å². The third kappa shape index (κ3) is 4.88. The van der Waals surface area contributed by atoms with Gasteiger partial charge in [-0.25, -0.2) is 21.6 Å². The summed E-state index contributed by atoms with van der Waals surface area (Å²) in [6, 6.07) is 5.91. The minimum Gasteiger partial charge on any atom is -0.228 e. The van der Waals surface area contributed by atoms with E-state index in [1.807, 2.05) is 13.8 Å². The second kappa shape index (κ2) is 6.69. The molecule has 1 aromatic carbocycles. The molecular formula is C13H21NO4S2. The van der Waals surface area contributed by atoms with E-state index in [0.29, 0.717) is 5.56 Å². The molecule has 0 spiro atoms. The van der Waals surface area contributed by atoms with Crippen LogP contribution in [0.2, 0.25) is 0 Å². The van der Waals surface area contributed by atoms with Gasteiger partial charge in [-0.05, 0) is 30.7 Å². The van der Waals surface area contributed by atoms with Crippen molar-refractivity contribution in [1.82, 2.24) is 4.72 Å². The number of rotatable bonds is 7. The van der Waals surface area contributed by atoms with E-state index in [2.05, 4.69) is 4.72 Å². The molecule has 0 aliphatic carbocycles. The molecule has 0 fully saturated rings. The molecule has 0 radical (unpaired) electrons. The van der Waals surface area contributed by atoms with E-state index in [4.69, 9.17) is 0 Å². The van der Waals surface area contributed by atoms with E-state index in [1.54, 1.807) is 12.1 Å². The van der Waals surface area contributed by atoms with Crippen molar-refractivity contribution in [3.63, 3.8) is 0 Å². The van der Waals surface area contributed by atoms with Crippen molar-refractivity contribution >= 4 is 19.9 Å².